The fourth-order valence-electron chi connectivity index (χ4n) is 0.932. The number of aryl methyl sites for hydroxylation is 1. The predicted octanol–water partition coefficient (Wildman–Crippen LogP) is 1.77. The summed E-state index contributed by atoms with van der Waals surface area (Å²) in [6, 6.07) is 0. The fraction of sp³-hybridized carbons (Fsp3) is 0.556. The van der Waals surface area contributed by atoms with Gasteiger partial charge in [-0.15, -0.1) is 0 Å². The van der Waals surface area contributed by atoms with Gasteiger partial charge >= 0.3 is 0 Å². The first kappa shape index (κ1) is 11.2. The van der Waals surface area contributed by atoms with E-state index in [4.69, 9.17) is 21.1 Å². The summed E-state index contributed by atoms with van der Waals surface area (Å²) < 4.78 is 10.2. The average Bonchev–Trinajstić information content (AvgIpc) is 2.13. The van der Waals surface area contributed by atoms with E-state index in [-0.39, 0.29) is 0 Å². The van der Waals surface area contributed by atoms with Gasteiger partial charge in [0, 0.05) is 12.7 Å². The van der Waals surface area contributed by atoms with Crippen LogP contribution in [-0.2, 0) is 4.74 Å². The van der Waals surface area contributed by atoms with Crippen LogP contribution < -0.4 is 4.74 Å². The Morgan fingerprint density at radius 2 is 1.93 bits per heavy atom. The molecule has 0 bridgehead atoms. The molecular formula is C9H13ClN2O2. The van der Waals surface area contributed by atoms with Gasteiger partial charge < -0.3 is 9.47 Å². The molecule has 78 valence electrons. The average molecular weight is 217 g/mol. The van der Waals surface area contributed by atoms with Crippen LogP contribution in [0, 0.1) is 13.8 Å². The van der Waals surface area contributed by atoms with Gasteiger partial charge in [-0.05, 0) is 13.8 Å². The van der Waals surface area contributed by atoms with E-state index in [0.29, 0.717) is 30.1 Å². The molecule has 14 heavy (non-hydrogen) atoms. The van der Waals surface area contributed by atoms with Crippen molar-refractivity contribution in [3.63, 3.8) is 0 Å². The Bertz CT molecular complexity index is 318. The second kappa shape index (κ2) is 5.12. The molecule has 4 nitrogen and oxygen atoms in total. The summed E-state index contributed by atoms with van der Waals surface area (Å²) in [5.74, 6) is 1.13. The topological polar surface area (TPSA) is 44.2 Å². The van der Waals surface area contributed by atoms with Crippen LogP contribution in [0.2, 0.25) is 5.15 Å². The molecule has 0 spiro atoms. The summed E-state index contributed by atoms with van der Waals surface area (Å²) >= 11 is 5.87. The Balaban J connectivity index is 2.75. The maximum Gasteiger partial charge on any atom is 0.221 e. The quantitative estimate of drug-likeness (QED) is 0.569. The van der Waals surface area contributed by atoms with Crippen molar-refractivity contribution in [2.24, 2.45) is 0 Å². The molecule has 0 radical (unpaired) electrons. The summed E-state index contributed by atoms with van der Waals surface area (Å²) in [6.45, 7) is 4.59. The molecule has 0 aromatic carbocycles. The number of ether oxygens (including phenoxy) is 2. The number of hydrogen-bond donors (Lipinski definition) is 0. The fourth-order valence-corrected chi connectivity index (χ4v) is 1.14. The number of nitrogens with zero attached hydrogens (tertiary/aromatic N) is 2. The van der Waals surface area contributed by atoms with Crippen molar-refractivity contribution in [2.45, 2.75) is 13.8 Å². The molecule has 0 fully saturated rings. The lowest BCUT2D eigenvalue weighted by Crippen LogP contribution is -2.08. The van der Waals surface area contributed by atoms with E-state index in [2.05, 4.69) is 9.97 Å². The van der Waals surface area contributed by atoms with E-state index in [1.807, 2.05) is 6.92 Å². The van der Waals surface area contributed by atoms with Gasteiger partial charge in [-0.1, -0.05) is 11.6 Å². The molecule has 1 rings (SSSR count). The van der Waals surface area contributed by atoms with Crippen molar-refractivity contribution < 1.29 is 9.47 Å². The number of aromatic nitrogens is 2. The molecular weight excluding hydrogens is 204 g/mol. The van der Waals surface area contributed by atoms with Gasteiger partial charge in [0.05, 0.1) is 6.61 Å². The minimum absolute atomic E-state index is 0.435. The molecule has 0 amide bonds. The number of methoxy groups -OCH3 is 1. The van der Waals surface area contributed by atoms with E-state index < -0.39 is 0 Å². The van der Waals surface area contributed by atoms with Crippen LogP contribution in [0.4, 0.5) is 0 Å². The monoisotopic (exact) mass is 216 g/mol. The van der Waals surface area contributed by atoms with Gasteiger partial charge in [0.2, 0.25) is 5.88 Å². The van der Waals surface area contributed by atoms with E-state index in [1.165, 1.54) is 0 Å². The molecule has 0 saturated carbocycles. The van der Waals surface area contributed by atoms with Crippen molar-refractivity contribution in [1.82, 2.24) is 9.97 Å². The highest BCUT2D eigenvalue weighted by Crippen LogP contribution is 2.21. The van der Waals surface area contributed by atoms with Crippen LogP contribution >= 0.6 is 11.6 Å². The van der Waals surface area contributed by atoms with Crippen molar-refractivity contribution >= 4 is 11.6 Å². The molecule has 0 aliphatic rings. The van der Waals surface area contributed by atoms with E-state index in [0.717, 1.165) is 5.56 Å². The molecule has 0 atom stereocenters. The first-order valence-electron chi connectivity index (χ1n) is 4.27. The Kier molecular flexibility index (Phi) is 4.10. The predicted molar refractivity (Wildman–Crippen MR) is 53.9 cm³/mol. The molecule has 0 saturated heterocycles. The molecule has 1 aromatic heterocycles. The van der Waals surface area contributed by atoms with Gasteiger partial charge in [-0.3, -0.25) is 0 Å². The van der Waals surface area contributed by atoms with Crippen LogP contribution in [-0.4, -0.2) is 30.3 Å². The van der Waals surface area contributed by atoms with Crippen LogP contribution in [0.15, 0.2) is 0 Å². The Morgan fingerprint density at radius 1 is 1.21 bits per heavy atom. The zero-order valence-corrected chi connectivity index (χ0v) is 9.26. The lowest BCUT2D eigenvalue weighted by atomic mass is 10.3. The minimum atomic E-state index is 0.435. The molecule has 0 unspecified atom stereocenters. The van der Waals surface area contributed by atoms with Crippen molar-refractivity contribution in [1.29, 1.82) is 0 Å². The van der Waals surface area contributed by atoms with Crippen molar-refractivity contribution in [2.75, 3.05) is 20.3 Å². The van der Waals surface area contributed by atoms with Gasteiger partial charge in [-0.2, -0.15) is 4.98 Å². The first-order valence-corrected chi connectivity index (χ1v) is 4.65. The third-order valence-corrected chi connectivity index (χ3v) is 2.05. The third-order valence-electron chi connectivity index (χ3n) is 1.68. The summed E-state index contributed by atoms with van der Waals surface area (Å²) in [5.41, 5.74) is 0.758. The van der Waals surface area contributed by atoms with Gasteiger partial charge in [0.15, 0.2) is 0 Å². The molecule has 0 aliphatic carbocycles. The van der Waals surface area contributed by atoms with Crippen LogP contribution in [0.1, 0.15) is 11.4 Å². The lowest BCUT2D eigenvalue weighted by Gasteiger charge is -2.08. The zero-order valence-electron chi connectivity index (χ0n) is 8.50. The highest BCUT2D eigenvalue weighted by molar-refractivity contribution is 6.30. The van der Waals surface area contributed by atoms with Gasteiger partial charge in [-0.25, -0.2) is 4.98 Å². The Labute approximate surface area is 88.2 Å². The second-order valence-electron chi connectivity index (χ2n) is 2.83. The maximum atomic E-state index is 5.87. The largest absolute Gasteiger partial charge is 0.475 e. The highest BCUT2D eigenvalue weighted by Gasteiger charge is 2.07. The van der Waals surface area contributed by atoms with E-state index in [1.54, 1.807) is 14.0 Å². The summed E-state index contributed by atoms with van der Waals surface area (Å²) in [6.07, 6.45) is 0. The second-order valence-corrected chi connectivity index (χ2v) is 3.19. The van der Waals surface area contributed by atoms with Crippen molar-refractivity contribution in [3.05, 3.63) is 16.5 Å². The molecule has 1 heterocycles. The van der Waals surface area contributed by atoms with Gasteiger partial charge in [0.1, 0.15) is 17.6 Å². The lowest BCUT2D eigenvalue weighted by molar-refractivity contribution is 0.143. The number of hydrogen-bond acceptors (Lipinski definition) is 4. The van der Waals surface area contributed by atoms with E-state index >= 15 is 0 Å². The molecule has 0 N–H and O–H groups in total. The molecule has 5 heteroatoms. The summed E-state index contributed by atoms with van der Waals surface area (Å²) in [4.78, 5) is 8.14. The standard InChI is InChI=1S/C9H13ClN2O2/c1-6-8(10)11-7(2)12-9(6)14-5-4-13-3/h4-5H2,1-3H3. The Morgan fingerprint density at radius 3 is 2.57 bits per heavy atom. The SMILES string of the molecule is COCCOc1nc(C)nc(Cl)c1C. The highest BCUT2D eigenvalue weighted by atomic mass is 35.5. The van der Waals surface area contributed by atoms with Crippen LogP contribution in [0.25, 0.3) is 0 Å². The number of halogens is 1. The number of rotatable bonds is 4. The first-order chi connectivity index (χ1) is 6.65. The van der Waals surface area contributed by atoms with Gasteiger partial charge in [0.25, 0.3) is 0 Å². The van der Waals surface area contributed by atoms with Crippen LogP contribution in [0.5, 0.6) is 5.88 Å². The van der Waals surface area contributed by atoms with Crippen molar-refractivity contribution in [3.8, 4) is 5.88 Å². The van der Waals surface area contributed by atoms with E-state index in [9.17, 15) is 0 Å². The smallest absolute Gasteiger partial charge is 0.221 e. The molecule has 1 aromatic rings. The zero-order chi connectivity index (χ0) is 10.6. The Hall–Kier alpha value is -0.870. The maximum absolute atomic E-state index is 5.87. The normalized spacial score (nSPS) is 10.3. The summed E-state index contributed by atoms with van der Waals surface area (Å²) in [7, 11) is 1.62. The summed E-state index contributed by atoms with van der Waals surface area (Å²) in [5, 5.41) is 0.435. The minimum Gasteiger partial charge on any atom is -0.475 e. The third kappa shape index (κ3) is 2.82. The van der Waals surface area contributed by atoms with Crippen LogP contribution in [0.3, 0.4) is 0 Å². The molecule has 0 aliphatic heterocycles.